The predicted molar refractivity (Wildman–Crippen MR) is 123 cm³/mol. The van der Waals surface area contributed by atoms with E-state index >= 15 is 0 Å². The van der Waals surface area contributed by atoms with Gasteiger partial charge in [-0.25, -0.2) is 0 Å². The highest BCUT2D eigenvalue weighted by Gasteiger charge is 2.97. The summed E-state index contributed by atoms with van der Waals surface area (Å²) in [6, 6.07) is 0. The Bertz CT molecular complexity index is 867. The number of carbonyl (C=O) groups is 1. The molecule has 5 aliphatic carbocycles. The van der Waals surface area contributed by atoms with Crippen molar-refractivity contribution in [3.8, 4) is 0 Å². The zero-order valence-electron chi connectivity index (χ0n) is 21.4. The Balaban J connectivity index is 1.35. The third-order valence-corrected chi connectivity index (χ3v) is 13.5. The van der Waals surface area contributed by atoms with Gasteiger partial charge in [0, 0.05) is 24.4 Å². The largest absolute Gasteiger partial charge is 0.469 e. The number of carbonyl (C=O) groups excluding carboxylic acids is 1. The van der Waals surface area contributed by atoms with Crippen molar-refractivity contribution in [1.82, 2.24) is 0 Å². The summed E-state index contributed by atoms with van der Waals surface area (Å²) >= 11 is 0. The van der Waals surface area contributed by atoms with Gasteiger partial charge in [0.25, 0.3) is 0 Å². The molecule has 1 heterocycles. The molecule has 4 heteroatoms. The average molecular weight is 445 g/mol. The summed E-state index contributed by atoms with van der Waals surface area (Å²) in [6.07, 6.45) is 12.3. The maximum atomic E-state index is 12.2. The lowest BCUT2D eigenvalue weighted by Crippen LogP contribution is -2.59. The van der Waals surface area contributed by atoms with Crippen LogP contribution in [0.25, 0.3) is 0 Å². The molecular weight excluding hydrogens is 400 g/mol. The van der Waals surface area contributed by atoms with Crippen LogP contribution in [0.1, 0.15) is 98.8 Å². The number of esters is 1. The lowest BCUT2D eigenvalue weighted by molar-refractivity contribution is -0.144. The second-order valence-corrected chi connectivity index (χ2v) is 13.8. The molecule has 6 fully saturated rings. The lowest BCUT2D eigenvalue weighted by atomic mass is 9.44. The summed E-state index contributed by atoms with van der Waals surface area (Å²) in [7, 11) is 3.43. The van der Waals surface area contributed by atoms with Gasteiger partial charge in [-0.2, -0.15) is 0 Å². The van der Waals surface area contributed by atoms with E-state index in [2.05, 4.69) is 34.6 Å². The number of hydrogen-bond acceptors (Lipinski definition) is 4. The first-order chi connectivity index (χ1) is 15.0. The van der Waals surface area contributed by atoms with Crippen LogP contribution in [0.2, 0.25) is 0 Å². The van der Waals surface area contributed by atoms with Crippen LogP contribution < -0.4 is 0 Å². The molecular formula is C28H44O4. The van der Waals surface area contributed by atoms with E-state index in [0.717, 1.165) is 5.92 Å². The summed E-state index contributed by atoms with van der Waals surface area (Å²) in [5.41, 5.74) is 1.53. The fraction of sp³-hybridized carbons (Fsp3) is 0.964. The molecule has 0 aromatic carbocycles. The highest BCUT2D eigenvalue weighted by Crippen LogP contribution is 2.95. The van der Waals surface area contributed by atoms with E-state index in [4.69, 9.17) is 14.2 Å². The SMILES string of the molecule is COC(=O)C[C@@H](C)[C@]1(C)CCC23OC24CC[C@H]2C(C)(C)[C@H](OC)CC[C@@]25C[C@@]45CC[C@@]31C. The first-order valence-electron chi connectivity index (χ1n) is 13.3. The van der Waals surface area contributed by atoms with Crippen LogP contribution in [0.15, 0.2) is 0 Å². The molecule has 1 saturated heterocycles. The zero-order valence-corrected chi connectivity index (χ0v) is 21.4. The molecule has 0 aromatic heterocycles. The summed E-state index contributed by atoms with van der Waals surface area (Å²) in [4.78, 5) is 12.2. The minimum absolute atomic E-state index is 0.0358. The van der Waals surface area contributed by atoms with Gasteiger partial charge in [-0.15, -0.1) is 0 Å². The molecule has 6 aliphatic rings. The van der Waals surface area contributed by atoms with Crippen molar-refractivity contribution in [2.24, 2.45) is 38.9 Å². The first kappa shape index (κ1) is 21.9. The summed E-state index contributed by atoms with van der Waals surface area (Å²) in [6.45, 7) is 12.2. The van der Waals surface area contributed by atoms with E-state index in [-0.39, 0.29) is 33.4 Å². The Morgan fingerprint density at radius 1 is 0.969 bits per heavy atom. The van der Waals surface area contributed by atoms with Crippen LogP contribution >= 0.6 is 0 Å². The normalized spacial score (nSPS) is 57.2. The van der Waals surface area contributed by atoms with E-state index in [1.54, 1.807) is 0 Å². The van der Waals surface area contributed by atoms with Gasteiger partial charge in [0.1, 0.15) is 11.2 Å². The minimum atomic E-state index is -0.0687. The summed E-state index contributed by atoms with van der Waals surface area (Å²) in [5.74, 6) is 1.01. The number of hydrogen-bond donors (Lipinski definition) is 0. The van der Waals surface area contributed by atoms with Crippen molar-refractivity contribution < 1.29 is 19.0 Å². The van der Waals surface area contributed by atoms with Crippen LogP contribution in [0.4, 0.5) is 0 Å². The van der Waals surface area contributed by atoms with Crippen molar-refractivity contribution in [2.75, 3.05) is 14.2 Å². The molecule has 0 amide bonds. The van der Waals surface area contributed by atoms with Crippen LogP contribution in [-0.2, 0) is 19.0 Å². The smallest absolute Gasteiger partial charge is 0.305 e. The molecule has 5 saturated carbocycles. The molecule has 6 rings (SSSR count). The molecule has 180 valence electrons. The van der Waals surface area contributed by atoms with Gasteiger partial charge in [0.2, 0.25) is 0 Å². The van der Waals surface area contributed by atoms with Gasteiger partial charge in [-0.3, -0.25) is 4.79 Å². The number of ether oxygens (including phenoxy) is 3. The lowest BCUT2D eigenvalue weighted by Gasteiger charge is -2.58. The van der Waals surface area contributed by atoms with Crippen molar-refractivity contribution in [2.45, 2.75) is 116 Å². The number of rotatable bonds is 4. The van der Waals surface area contributed by atoms with Gasteiger partial charge < -0.3 is 14.2 Å². The number of epoxide rings is 1. The zero-order chi connectivity index (χ0) is 23.0. The number of methoxy groups -OCH3 is 2. The molecule has 4 spiro atoms. The molecule has 0 aromatic rings. The highest BCUT2D eigenvalue weighted by atomic mass is 16.6. The van der Waals surface area contributed by atoms with Crippen molar-refractivity contribution >= 4 is 5.97 Å². The van der Waals surface area contributed by atoms with Crippen LogP contribution in [0.3, 0.4) is 0 Å². The fourth-order valence-electron chi connectivity index (χ4n) is 11.5. The molecule has 9 atom stereocenters. The molecule has 4 nitrogen and oxygen atoms in total. The second kappa shape index (κ2) is 5.96. The second-order valence-electron chi connectivity index (χ2n) is 13.8. The van der Waals surface area contributed by atoms with E-state index in [1.165, 1.54) is 64.9 Å². The van der Waals surface area contributed by atoms with Gasteiger partial charge in [-0.1, -0.05) is 34.6 Å². The standard InChI is InChI=1S/C28H44O4/c1-18(16-21(29)31-7)23(4)12-15-27-24(23,5)13-14-26-17-25(26)10-9-20(30-6)22(2,3)19(25)8-11-28(26,27)32-27/h18-20H,8-17H2,1-7H3/t18-,19+,20-,23+,24-,25-,26-,27?,28?/m1/s1. The maximum absolute atomic E-state index is 12.2. The van der Waals surface area contributed by atoms with Gasteiger partial charge in [0.15, 0.2) is 0 Å². The Labute approximate surface area is 194 Å². The quantitative estimate of drug-likeness (QED) is 0.399. The molecule has 0 bridgehead atoms. The predicted octanol–water partition coefficient (Wildman–Crippen LogP) is 5.92. The van der Waals surface area contributed by atoms with E-state index in [0.29, 0.717) is 29.3 Å². The maximum Gasteiger partial charge on any atom is 0.305 e. The summed E-state index contributed by atoms with van der Waals surface area (Å²) in [5, 5.41) is 0. The molecule has 32 heavy (non-hydrogen) atoms. The monoisotopic (exact) mass is 444 g/mol. The van der Waals surface area contributed by atoms with Crippen LogP contribution in [-0.4, -0.2) is 37.5 Å². The summed E-state index contributed by atoms with van der Waals surface area (Å²) < 4.78 is 18.3. The third-order valence-electron chi connectivity index (χ3n) is 13.5. The third kappa shape index (κ3) is 1.94. The van der Waals surface area contributed by atoms with Gasteiger partial charge in [-0.05, 0) is 85.9 Å². The van der Waals surface area contributed by atoms with Crippen molar-refractivity contribution in [1.29, 1.82) is 0 Å². The van der Waals surface area contributed by atoms with E-state index < -0.39 is 0 Å². The highest BCUT2D eigenvalue weighted by molar-refractivity contribution is 5.69. The Morgan fingerprint density at radius 3 is 2.41 bits per heavy atom. The fourth-order valence-corrected chi connectivity index (χ4v) is 11.5. The molecule has 0 radical (unpaired) electrons. The molecule has 2 unspecified atom stereocenters. The Hall–Kier alpha value is -0.610. The van der Waals surface area contributed by atoms with Gasteiger partial charge in [0.05, 0.1) is 13.2 Å². The Kier molecular flexibility index (Phi) is 4.07. The van der Waals surface area contributed by atoms with Crippen molar-refractivity contribution in [3.05, 3.63) is 0 Å². The van der Waals surface area contributed by atoms with Gasteiger partial charge >= 0.3 is 5.97 Å². The van der Waals surface area contributed by atoms with Crippen LogP contribution in [0.5, 0.6) is 0 Å². The first-order valence-corrected chi connectivity index (χ1v) is 13.3. The van der Waals surface area contributed by atoms with Crippen molar-refractivity contribution in [3.63, 3.8) is 0 Å². The topological polar surface area (TPSA) is 48.1 Å². The van der Waals surface area contributed by atoms with Crippen LogP contribution in [0, 0.1) is 38.9 Å². The minimum Gasteiger partial charge on any atom is -0.469 e. The molecule has 1 aliphatic heterocycles. The van der Waals surface area contributed by atoms with E-state index in [9.17, 15) is 4.79 Å². The average Bonchev–Trinajstić information content (AvgIpc) is 3.60. The van der Waals surface area contributed by atoms with E-state index in [1.807, 2.05) is 7.11 Å². The molecule has 0 N–H and O–H groups in total. The Morgan fingerprint density at radius 2 is 1.72 bits per heavy atom.